The zero-order valence-corrected chi connectivity index (χ0v) is 17.2. The average molecular weight is 444 g/mol. The molecule has 1 fully saturated rings. The van der Waals surface area contributed by atoms with Gasteiger partial charge in [-0.25, -0.2) is 18.1 Å². The van der Waals surface area contributed by atoms with Gasteiger partial charge in [0.1, 0.15) is 0 Å². The SMILES string of the molecule is [2H]C([2H])(c1cnn(C)c1)n1c(Cl)nc2c(Cl)cc(S(=O)(=O)NC3(C)CC3)cc2c1=O. The van der Waals surface area contributed by atoms with E-state index in [4.69, 9.17) is 25.9 Å². The van der Waals surface area contributed by atoms with E-state index in [0.29, 0.717) is 17.4 Å². The largest absolute Gasteiger partial charge is 0.278 e. The number of fused-ring (bicyclic) bond motifs is 1. The van der Waals surface area contributed by atoms with E-state index in [0.717, 1.165) is 6.07 Å². The smallest absolute Gasteiger partial charge is 0.262 e. The summed E-state index contributed by atoms with van der Waals surface area (Å²) in [6, 6.07) is 2.33. The lowest BCUT2D eigenvalue weighted by molar-refractivity contribution is 0.558. The Hall–Kier alpha value is -1.94. The molecule has 2 aromatic heterocycles. The van der Waals surface area contributed by atoms with E-state index in [1.54, 1.807) is 14.0 Å². The van der Waals surface area contributed by atoms with Crippen molar-refractivity contribution >= 4 is 44.1 Å². The summed E-state index contributed by atoms with van der Waals surface area (Å²) in [6.07, 6.45) is 4.09. The number of aryl methyl sites for hydroxylation is 1. The molecule has 0 atom stereocenters. The van der Waals surface area contributed by atoms with Gasteiger partial charge in [0, 0.05) is 24.3 Å². The number of nitrogens with one attached hydrogen (secondary N) is 1. The van der Waals surface area contributed by atoms with Crippen molar-refractivity contribution in [1.82, 2.24) is 24.1 Å². The first-order chi connectivity index (χ1) is 13.8. The van der Waals surface area contributed by atoms with Crippen molar-refractivity contribution in [2.24, 2.45) is 7.05 Å². The van der Waals surface area contributed by atoms with Crippen LogP contribution in [-0.4, -0.2) is 33.3 Å². The topological polar surface area (TPSA) is 98.9 Å². The lowest BCUT2D eigenvalue weighted by atomic mass is 10.2. The number of halogens is 2. The van der Waals surface area contributed by atoms with Gasteiger partial charge < -0.3 is 0 Å². The maximum absolute atomic E-state index is 13.2. The molecule has 0 aliphatic heterocycles. The first-order valence-electron chi connectivity index (χ1n) is 9.29. The first kappa shape index (κ1) is 17.0. The molecule has 0 radical (unpaired) electrons. The van der Waals surface area contributed by atoms with Crippen LogP contribution in [0.5, 0.6) is 0 Å². The number of rotatable bonds is 5. The highest BCUT2D eigenvalue weighted by molar-refractivity contribution is 7.89. The fraction of sp³-hybridized carbons (Fsp3) is 0.353. The maximum atomic E-state index is 13.2. The van der Waals surface area contributed by atoms with Gasteiger partial charge >= 0.3 is 0 Å². The second-order valence-corrected chi connectivity index (χ2v) is 9.43. The third kappa shape index (κ3) is 3.55. The molecule has 1 N–H and O–H groups in total. The third-order valence-corrected chi connectivity index (χ3v) is 6.66. The van der Waals surface area contributed by atoms with Crippen molar-refractivity contribution in [2.75, 3.05) is 0 Å². The predicted octanol–water partition coefficient (Wildman–Crippen LogP) is 2.32. The van der Waals surface area contributed by atoms with Crippen LogP contribution in [-0.2, 0) is 23.6 Å². The zero-order valence-electron chi connectivity index (χ0n) is 16.9. The Morgan fingerprint density at radius 2 is 2.07 bits per heavy atom. The first-order valence-corrected chi connectivity index (χ1v) is 10.5. The number of sulfonamides is 1. The molecule has 0 amide bonds. The molecule has 1 aromatic carbocycles. The molecule has 28 heavy (non-hydrogen) atoms. The summed E-state index contributed by atoms with van der Waals surface area (Å²) < 4.78 is 47.0. The van der Waals surface area contributed by atoms with Gasteiger partial charge in [-0.1, -0.05) is 11.6 Å². The van der Waals surface area contributed by atoms with Crippen LogP contribution >= 0.6 is 23.2 Å². The summed E-state index contributed by atoms with van der Waals surface area (Å²) in [7, 11) is -2.34. The van der Waals surface area contributed by atoms with Crippen molar-refractivity contribution in [3.8, 4) is 0 Å². The molecular weight excluding hydrogens is 425 g/mol. The summed E-state index contributed by atoms with van der Waals surface area (Å²) in [6.45, 7) is -0.603. The predicted molar refractivity (Wildman–Crippen MR) is 106 cm³/mol. The fourth-order valence-corrected chi connectivity index (χ4v) is 4.78. The van der Waals surface area contributed by atoms with Crippen LogP contribution in [0.25, 0.3) is 10.9 Å². The fourth-order valence-electron chi connectivity index (χ4n) is 2.73. The number of hydrogen-bond donors (Lipinski definition) is 1. The standard InChI is InChI=1S/C17H17Cl2N5O3S/c1-17(3-4-17)22-28(26,27)11-5-12-14(13(18)6-11)21-16(19)24(15(12)25)9-10-7-20-23(2)8-10/h5-8,22H,3-4,9H2,1-2H3/i9D2. The number of nitrogens with zero attached hydrogens (tertiary/aromatic N) is 4. The second-order valence-electron chi connectivity index (χ2n) is 7.00. The monoisotopic (exact) mass is 443 g/mol. The number of benzene rings is 1. The van der Waals surface area contributed by atoms with Crippen molar-refractivity contribution in [2.45, 2.75) is 36.7 Å². The van der Waals surface area contributed by atoms with Crippen LogP contribution in [0.1, 0.15) is 28.1 Å². The molecule has 0 saturated heterocycles. The van der Waals surface area contributed by atoms with Gasteiger partial charge in [-0.05, 0) is 43.5 Å². The molecule has 148 valence electrons. The Morgan fingerprint density at radius 3 is 2.68 bits per heavy atom. The lowest BCUT2D eigenvalue weighted by Crippen LogP contribution is -2.34. The van der Waals surface area contributed by atoms with Crippen LogP contribution in [0.15, 0.2) is 34.2 Å². The highest BCUT2D eigenvalue weighted by atomic mass is 35.5. The maximum Gasteiger partial charge on any atom is 0.262 e. The minimum absolute atomic E-state index is 0.0125. The van der Waals surface area contributed by atoms with Crippen molar-refractivity contribution in [1.29, 1.82) is 0 Å². The van der Waals surface area contributed by atoms with Crippen molar-refractivity contribution in [3.05, 3.63) is 50.7 Å². The molecule has 8 nitrogen and oxygen atoms in total. The summed E-state index contributed by atoms with van der Waals surface area (Å²) in [5, 5.41) is 3.24. The van der Waals surface area contributed by atoms with Crippen LogP contribution in [0.2, 0.25) is 10.3 Å². The Balaban J connectivity index is 1.94. The quantitative estimate of drug-likeness (QED) is 0.609. The molecule has 11 heteroatoms. The molecule has 1 saturated carbocycles. The Morgan fingerprint density at radius 1 is 1.36 bits per heavy atom. The van der Waals surface area contributed by atoms with Gasteiger partial charge in [0.05, 0.1) is 36.3 Å². The lowest BCUT2D eigenvalue weighted by Gasteiger charge is -2.14. The van der Waals surface area contributed by atoms with E-state index >= 15 is 0 Å². The minimum atomic E-state index is -3.94. The van der Waals surface area contributed by atoms with E-state index in [1.165, 1.54) is 23.1 Å². The summed E-state index contributed by atoms with van der Waals surface area (Å²) in [4.78, 5) is 17.1. The van der Waals surface area contributed by atoms with E-state index in [9.17, 15) is 13.2 Å². The molecule has 4 rings (SSSR count). The van der Waals surface area contributed by atoms with Crippen LogP contribution in [0.4, 0.5) is 0 Å². The van der Waals surface area contributed by atoms with E-state index < -0.39 is 32.9 Å². The summed E-state index contributed by atoms with van der Waals surface area (Å²) >= 11 is 12.4. The Bertz CT molecular complexity index is 1350. The molecule has 1 aliphatic rings. The molecule has 0 bridgehead atoms. The summed E-state index contributed by atoms with van der Waals surface area (Å²) in [5.41, 5.74) is -1.32. The highest BCUT2D eigenvalue weighted by Gasteiger charge is 2.41. The molecule has 0 unspecified atom stereocenters. The molecule has 2 heterocycles. The van der Waals surface area contributed by atoms with Gasteiger partial charge in [-0.15, -0.1) is 0 Å². The van der Waals surface area contributed by atoms with Gasteiger partial charge in [-0.2, -0.15) is 5.10 Å². The third-order valence-electron chi connectivity index (χ3n) is 4.50. The molecule has 1 aliphatic carbocycles. The number of hydrogen-bond acceptors (Lipinski definition) is 5. The van der Waals surface area contributed by atoms with E-state index in [-0.39, 0.29) is 26.4 Å². The second kappa shape index (κ2) is 6.55. The van der Waals surface area contributed by atoms with Crippen LogP contribution in [0.3, 0.4) is 0 Å². The molecule has 3 aromatic rings. The van der Waals surface area contributed by atoms with Crippen molar-refractivity contribution < 1.29 is 11.2 Å². The molecule has 0 spiro atoms. The zero-order chi connectivity index (χ0) is 22.1. The Labute approximate surface area is 173 Å². The molecular formula is C17H17Cl2N5O3S. The van der Waals surface area contributed by atoms with Gasteiger partial charge in [0.25, 0.3) is 5.56 Å². The van der Waals surface area contributed by atoms with E-state index in [2.05, 4.69) is 14.8 Å². The Kier molecular flexibility index (Phi) is 3.97. The van der Waals surface area contributed by atoms with Crippen molar-refractivity contribution in [3.63, 3.8) is 0 Å². The summed E-state index contributed by atoms with van der Waals surface area (Å²) in [5.74, 6) is 0. The normalized spacial score (nSPS) is 17.4. The average Bonchev–Trinajstić information content (AvgIpc) is 3.16. The number of aromatic nitrogens is 4. The minimum Gasteiger partial charge on any atom is -0.278 e. The van der Waals surface area contributed by atoms with Gasteiger partial charge in [0.2, 0.25) is 15.3 Å². The highest BCUT2D eigenvalue weighted by Crippen LogP contribution is 2.36. The van der Waals surface area contributed by atoms with Gasteiger partial charge in [-0.3, -0.25) is 14.0 Å². The van der Waals surface area contributed by atoms with E-state index in [1.807, 2.05) is 0 Å². The van der Waals surface area contributed by atoms with Gasteiger partial charge in [0.15, 0.2) is 0 Å². The van der Waals surface area contributed by atoms with Crippen LogP contribution < -0.4 is 10.3 Å². The van der Waals surface area contributed by atoms with Crippen LogP contribution in [0, 0.1) is 0 Å².